The molecule has 2 amide bonds. The highest BCUT2D eigenvalue weighted by Gasteiger charge is 2.33. The maximum Gasteiger partial charge on any atom is 0.417 e. The van der Waals surface area contributed by atoms with E-state index in [1.807, 2.05) is 18.2 Å². The Bertz CT molecular complexity index is 985. The lowest BCUT2D eigenvalue weighted by Crippen LogP contribution is -2.50. The van der Waals surface area contributed by atoms with Gasteiger partial charge >= 0.3 is 6.09 Å². The first-order chi connectivity index (χ1) is 15.4. The van der Waals surface area contributed by atoms with Crippen LogP contribution in [0.2, 0.25) is 0 Å². The predicted octanol–water partition coefficient (Wildman–Crippen LogP) is 2.78. The van der Waals surface area contributed by atoms with Crippen molar-refractivity contribution in [3.63, 3.8) is 0 Å². The van der Waals surface area contributed by atoms with Gasteiger partial charge in [-0.15, -0.1) is 0 Å². The Morgan fingerprint density at radius 3 is 2.69 bits per heavy atom. The van der Waals surface area contributed by atoms with Gasteiger partial charge in [-0.2, -0.15) is 0 Å². The molecule has 32 heavy (non-hydrogen) atoms. The Balaban J connectivity index is 1.70. The summed E-state index contributed by atoms with van der Waals surface area (Å²) in [6.45, 7) is -0.116. The van der Waals surface area contributed by atoms with Crippen molar-refractivity contribution in [2.45, 2.75) is 31.6 Å². The Hall–Kier alpha value is -3.30. The van der Waals surface area contributed by atoms with E-state index in [2.05, 4.69) is 5.16 Å². The van der Waals surface area contributed by atoms with Crippen molar-refractivity contribution >= 4 is 28.8 Å². The van der Waals surface area contributed by atoms with Gasteiger partial charge in [0.05, 0.1) is 19.7 Å². The van der Waals surface area contributed by atoms with E-state index in [4.69, 9.17) is 31.6 Å². The highest BCUT2D eigenvalue weighted by atomic mass is 35.5. The minimum absolute atomic E-state index is 0.00334. The number of halogens is 1. The van der Waals surface area contributed by atoms with Crippen LogP contribution in [0.15, 0.2) is 53.7 Å². The third-order valence-electron chi connectivity index (χ3n) is 4.79. The van der Waals surface area contributed by atoms with Gasteiger partial charge in [0.1, 0.15) is 11.8 Å². The molecule has 0 aliphatic carbocycles. The molecule has 0 radical (unpaired) electrons. The van der Waals surface area contributed by atoms with Crippen LogP contribution in [0.5, 0.6) is 11.5 Å². The molecule has 0 aromatic heterocycles. The standard InChI is InChI=1S/C22H24ClN3O6/c1-30-19-10-15(7-8-18(19)27)9-17(24)21(28)26(12-16-11-20(23)25-32-16)22(29)31-13-14-5-3-2-4-6-14/h2-8,10,16-17,27H,9,11-13,24H2,1H3/t16?,17-/m0/s1. The van der Waals surface area contributed by atoms with E-state index in [1.54, 1.807) is 24.3 Å². The minimum atomic E-state index is -1.05. The Kier molecular flexibility index (Phi) is 7.91. The van der Waals surface area contributed by atoms with E-state index >= 15 is 0 Å². The maximum atomic E-state index is 13.1. The molecule has 3 rings (SSSR count). The number of amides is 2. The molecular formula is C22H24ClN3O6. The van der Waals surface area contributed by atoms with Gasteiger partial charge in [0.2, 0.25) is 5.91 Å². The SMILES string of the molecule is COc1cc(C[C@H](N)C(=O)N(CC2CC(Cl)=NO2)C(=O)OCc2ccccc2)ccc1O. The van der Waals surface area contributed by atoms with Crippen molar-refractivity contribution in [2.75, 3.05) is 13.7 Å². The second kappa shape index (κ2) is 10.8. The summed E-state index contributed by atoms with van der Waals surface area (Å²) >= 11 is 5.85. The monoisotopic (exact) mass is 461 g/mol. The molecule has 2 aromatic rings. The Morgan fingerprint density at radius 1 is 1.28 bits per heavy atom. The number of oxime groups is 1. The highest BCUT2D eigenvalue weighted by molar-refractivity contribution is 6.65. The van der Waals surface area contributed by atoms with Crippen LogP contribution < -0.4 is 10.5 Å². The number of phenolic OH excluding ortho intramolecular Hbond substituents is 1. The van der Waals surface area contributed by atoms with Gasteiger partial charge in [0, 0.05) is 6.42 Å². The van der Waals surface area contributed by atoms with Crippen molar-refractivity contribution in [1.29, 1.82) is 0 Å². The summed E-state index contributed by atoms with van der Waals surface area (Å²) < 4.78 is 10.4. The lowest BCUT2D eigenvalue weighted by atomic mass is 10.0. The number of carbonyl (C=O) groups is 2. The van der Waals surface area contributed by atoms with Gasteiger partial charge in [-0.05, 0) is 29.7 Å². The summed E-state index contributed by atoms with van der Waals surface area (Å²) in [5, 5.41) is 13.6. The van der Waals surface area contributed by atoms with Crippen LogP contribution >= 0.6 is 11.6 Å². The average molecular weight is 462 g/mol. The second-order valence-electron chi connectivity index (χ2n) is 7.20. The van der Waals surface area contributed by atoms with Crippen LogP contribution in [-0.2, 0) is 27.4 Å². The van der Waals surface area contributed by atoms with Crippen molar-refractivity contribution in [1.82, 2.24) is 4.90 Å². The summed E-state index contributed by atoms with van der Waals surface area (Å²) in [7, 11) is 1.42. The van der Waals surface area contributed by atoms with Gasteiger partial charge in [0.25, 0.3) is 0 Å². The average Bonchev–Trinajstić information content (AvgIpc) is 3.22. The van der Waals surface area contributed by atoms with E-state index < -0.39 is 24.1 Å². The van der Waals surface area contributed by atoms with Gasteiger partial charge in [-0.1, -0.05) is 53.2 Å². The number of carbonyl (C=O) groups excluding carboxylic acids is 2. The molecule has 170 valence electrons. The van der Waals surface area contributed by atoms with E-state index in [9.17, 15) is 14.7 Å². The van der Waals surface area contributed by atoms with Gasteiger partial charge in [-0.25, -0.2) is 9.69 Å². The van der Waals surface area contributed by atoms with Gasteiger partial charge in [0.15, 0.2) is 17.6 Å². The fraction of sp³-hybridized carbons (Fsp3) is 0.318. The summed E-state index contributed by atoms with van der Waals surface area (Å²) in [4.78, 5) is 31.9. The number of hydrogen-bond acceptors (Lipinski definition) is 8. The molecule has 3 N–H and O–H groups in total. The lowest BCUT2D eigenvalue weighted by Gasteiger charge is -2.25. The quantitative estimate of drug-likeness (QED) is 0.619. The van der Waals surface area contributed by atoms with Crippen LogP contribution in [0, 0.1) is 0 Å². The molecule has 0 saturated carbocycles. The zero-order chi connectivity index (χ0) is 23.1. The fourth-order valence-electron chi connectivity index (χ4n) is 3.14. The van der Waals surface area contributed by atoms with Crippen LogP contribution in [0.4, 0.5) is 4.79 Å². The Labute approximate surface area is 190 Å². The number of benzene rings is 2. The molecule has 10 heteroatoms. The highest BCUT2D eigenvalue weighted by Crippen LogP contribution is 2.27. The third-order valence-corrected chi connectivity index (χ3v) is 5.01. The van der Waals surface area contributed by atoms with Crippen molar-refractivity contribution < 1.29 is 29.0 Å². The molecule has 9 nitrogen and oxygen atoms in total. The summed E-state index contributed by atoms with van der Waals surface area (Å²) in [6, 6.07) is 12.7. The summed E-state index contributed by atoms with van der Waals surface area (Å²) in [5.41, 5.74) is 7.56. The molecule has 2 atom stereocenters. The van der Waals surface area contributed by atoms with Crippen LogP contribution in [-0.4, -0.2) is 53.0 Å². The number of phenols is 1. The van der Waals surface area contributed by atoms with Gasteiger partial charge < -0.3 is 25.2 Å². The molecule has 0 bridgehead atoms. The van der Waals surface area contributed by atoms with E-state index in [0.717, 1.165) is 10.5 Å². The fourth-order valence-corrected chi connectivity index (χ4v) is 3.35. The number of nitrogens with zero attached hydrogens (tertiary/aromatic N) is 2. The molecule has 1 aliphatic heterocycles. The van der Waals surface area contributed by atoms with E-state index in [1.165, 1.54) is 13.2 Å². The lowest BCUT2D eigenvalue weighted by molar-refractivity contribution is -0.132. The maximum absolute atomic E-state index is 13.1. The van der Waals surface area contributed by atoms with E-state index in [0.29, 0.717) is 5.56 Å². The molecule has 1 unspecified atom stereocenters. The minimum Gasteiger partial charge on any atom is -0.504 e. The number of methoxy groups -OCH3 is 1. The molecule has 0 fully saturated rings. The summed E-state index contributed by atoms with van der Waals surface area (Å²) in [5.74, 6) is -0.410. The Morgan fingerprint density at radius 2 is 2.03 bits per heavy atom. The van der Waals surface area contributed by atoms with Crippen molar-refractivity contribution in [3.8, 4) is 11.5 Å². The number of rotatable bonds is 8. The normalized spacial score (nSPS) is 16.0. The summed E-state index contributed by atoms with van der Waals surface area (Å²) in [6.07, 6.45) is -1.05. The van der Waals surface area contributed by atoms with Crippen LogP contribution in [0.1, 0.15) is 17.5 Å². The number of ether oxygens (including phenoxy) is 2. The molecule has 1 aliphatic rings. The molecule has 0 spiro atoms. The van der Waals surface area contributed by atoms with Crippen molar-refractivity contribution in [3.05, 3.63) is 59.7 Å². The van der Waals surface area contributed by atoms with Gasteiger partial charge in [-0.3, -0.25) is 4.79 Å². The first kappa shape index (κ1) is 23.4. The van der Waals surface area contributed by atoms with Crippen LogP contribution in [0.25, 0.3) is 0 Å². The smallest absolute Gasteiger partial charge is 0.417 e. The largest absolute Gasteiger partial charge is 0.504 e. The predicted molar refractivity (Wildman–Crippen MR) is 117 cm³/mol. The van der Waals surface area contributed by atoms with E-state index in [-0.39, 0.29) is 42.7 Å². The zero-order valence-corrected chi connectivity index (χ0v) is 18.2. The van der Waals surface area contributed by atoms with Crippen LogP contribution in [0.3, 0.4) is 0 Å². The second-order valence-corrected chi connectivity index (χ2v) is 7.64. The third kappa shape index (κ3) is 6.12. The first-order valence-corrected chi connectivity index (χ1v) is 10.3. The van der Waals surface area contributed by atoms with Crippen molar-refractivity contribution in [2.24, 2.45) is 10.9 Å². The molecular weight excluding hydrogens is 438 g/mol. The number of hydrogen-bond donors (Lipinski definition) is 2. The number of imide groups is 1. The zero-order valence-electron chi connectivity index (χ0n) is 17.4. The number of aromatic hydroxyl groups is 1. The molecule has 1 heterocycles. The number of nitrogens with two attached hydrogens (primary N) is 1. The first-order valence-electron chi connectivity index (χ1n) is 9.89. The molecule has 2 aromatic carbocycles. The topological polar surface area (TPSA) is 124 Å². The molecule has 0 saturated heterocycles.